The molecule has 0 spiro atoms. The number of hydrogen-bond donors (Lipinski definition) is 6. The zero-order chi connectivity index (χ0) is 37.6. The predicted octanol–water partition coefficient (Wildman–Crippen LogP) is 3.98. The normalized spacial score (nSPS) is 22.8. The van der Waals surface area contributed by atoms with E-state index >= 15 is 0 Å². The standard InChI is InChI=1S/C36H62N4O10/c1-6-7-8-9-10-11-12-13-14-15-25-22-30(41)37-26(16-18-31(42)43)33(46)39-28(20-23(2)3)35(48)38-27(17-19-32(44)45)34(47)40-29(21-24(4)5)36(49)50-25/h23-29H,6-22H2,1-5H3,(H,37,41)(H,38,48)(H,39,46)(H,40,47)(H,42,43)(H,44,45)/t25-,26+,27+,28+,29+/m1/s1. The minimum Gasteiger partial charge on any atom is -0.481 e. The monoisotopic (exact) mass is 710 g/mol. The largest absolute Gasteiger partial charge is 0.481 e. The Morgan fingerprint density at radius 2 is 1.04 bits per heavy atom. The van der Waals surface area contributed by atoms with Crippen LogP contribution in [0.5, 0.6) is 0 Å². The van der Waals surface area contributed by atoms with Gasteiger partial charge < -0.3 is 36.2 Å². The number of amides is 4. The Kier molecular flexibility index (Phi) is 21.7. The van der Waals surface area contributed by atoms with E-state index in [1.54, 1.807) is 0 Å². The highest BCUT2D eigenvalue weighted by Gasteiger charge is 2.34. The molecule has 6 N–H and O–H groups in total. The van der Waals surface area contributed by atoms with Gasteiger partial charge >= 0.3 is 17.9 Å². The number of carbonyl (C=O) groups is 7. The molecular weight excluding hydrogens is 648 g/mol. The first-order valence-corrected chi connectivity index (χ1v) is 18.5. The Bertz CT molecular complexity index is 1110. The summed E-state index contributed by atoms with van der Waals surface area (Å²) >= 11 is 0. The molecule has 1 rings (SSSR count). The SMILES string of the molecule is CCCCCCCCCCC[C@@H]1CC(=O)N[C@@H](CCC(=O)O)C(=O)N[C@@H](CC(C)C)C(=O)N[C@@H](CCC(=O)O)C(=O)N[C@@H](CC(C)C)C(=O)O1. The minimum atomic E-state index is -1.35. The third-order valence-electron chi connectivity index (χ3n) is 8.55. The Morgan fingerprint density at radius 3 is 1.54 bits per heavy atom. The summed E-state index contributed by atoms with van der Waals surface area (Å²) in [6.07, 6.45) is 7.62. The lowest BCUT2D eigenvalue weighted by molar-refractivity contribution is -0.155. The number of carboxylic acids is 2. The van der Waals surface area contributed by atoms with Crippen LogP contribution in [0.4, 0.5) is 0 Å². The fourth-order valence-corrected chi connectivity index (χ4v) is 5.87. The summed E-state index contributed by atoms with van der Waals surface area (Å²) in [5, 5.41) is 29.0. The van der Waals surface area contributed by atoms with Crippen LogP contribution in [0.2, 0.25) is 0 Å². The van der Waals surface area contributed by atoms with Gasteiger partial charge in [-0.25, -0.2) is 4.79 Å². The average Bonchev–Trinajstić information content (AvgIpc) is 3.02. The van der Waals surface area contributed by atoms with Crippen LogP contribution in [-0.2, 0) is 38.3 Å². The molecule has 5 atom stereocenters. The maximum Gasteiger partial charge on any atom is 0.328 e. The number of ether oxygens (including phenoxy) is 1. The zero-order valence-electron chi connectivity index (χ0n) is 30.7. The molecule has 14 heteroatoms. The molecule has 0 aromatic rings. The van der Waals surface area contributed by atoms with E-state index in [1.165, 1.54) is 25.7 Å². The maximum atomic E-state index is 13.6. The van der Waals surface area contributed by atoms with Gasteiger partial charge in [-0.2, -0.15) is 0 Å². The van der Waals surface area contributed by atoms with Gasteiger partial charge in [0, 0.05) is 12.8 Å². The van der Waals surface area contributed by atoms with Crippen LogP contribution in [0.15, 0.2) is 0 Å². The zero-order valence-corrected chi connectivity index (χ0v) is 30.7. The van der Waals surface area contributed by atoms with Crippen molar-refractivity contribution >= 4 is 41.5 Å². The molecule has 1 fully saturated rings. The van der Waals surface area contributed by atoms with Crippen LogP contribution in [0, 0.1) is 11.8 Å². The second-order valence-corrected chi connectivity index (χ2v) is 14.3. The Hall–Kier alpha value is -3.71. The van der Waals surface area contributed by atoms with E-state index in [0.29, 0.717) is 12.8 Å². The Balaban J connectivity index is 3.41. The third-order valence-corrected chi connectivity index (χ3v) is 8.55. The van der Waals surface area contributed by atoms with Crippen molar-refractivity contribution in [1.29, 1.82) is 0 Å². The number of esters is 1. The molecule has 0 unspecified atom stereocenters. The first-order chi connectivity index (χ1) is 23.6. The minimum absolute atomic E-state index is 0.0646. The lowest BCUT2D eigenvalue weighted by Gasteiger charge is -2.29. The van der Waals surface area contributed by atoms with Gasteiger partial charge in [0.05, 0.1) is 6.42 Å². The Labute approximate surface area is 297 Å². The van der Waals surface area contributed by atoms with Gasteiger partial charge in [0.1, 0.15) is 30.3 Å². The van der Waals surface area contributed by atoms with Crippen LogP contribution in [0.1, 0.15) is 144 Å². The molecule has 4 amide bonds. The number of nitrogens with one attached hydrogen (secondary N) is 4. The van der Waals surface area contributed by atoms with E-state index < -0.39 is 84.6 Å². The summed E-state index contributed by atoms with van der Waals surface area (Å²) in [5.74, 6) is -6.28. The predicted molar refractivity (Wildman–Crippen MR) is 187 cm³/mol. The second kappa shape index (κ2) is 24.4. The summed E-state index contributed by atoms with van der Waals surface area (Å²) < 4.78 is 5.84. The fourth-order valence-electron chi connectivity index (χ4n) is 5.87. The van der Waals surface area contributed by atoms with Gasteiger partial charge in [-0.15, -0.1) is 0 Å². The number of hydrogen-bond acceptors (Lipinski definition) is 8. The molecule has 1 aliphatic rings. The summed E-state index contributed by atoms with van der Waals surface area (Å²) in [5.41, 5.74) is 0. The van der Waals surface area contributed by atoms with Crippen molar-refractivity contribution in [2.75, 3.05) is 0 Å². The molecular formula is C36H62N4O10. The molecule has 286 valence electrons. The molecule has 0 aromatic carbocycles. The van der Waals surface area contributed by atoms with Gasteiger partial charge in [0.25, 0.3) is 0 Å². The highest BCUT2D eigenvalue weighted by molar-refractivity contribution is 5.95. The van der Waals surface area contributed by atoms with Gasteiger partial charge in [0.15, 0.2) is 0 Å². The second-order valence-electron chi connectivity index (χ2n) is 14.3. The van der Waals surface area contributed by atoms with Crippen LogP contribution in [-0.4, -0.2) is 82.0 Å². The molecule has 0 saturated carbocycles. The van der Waals surface area contributed by atoms with Crippen LogP contribution in [0.25, 0.3) is 0 Å². The van der Waals surface area contributed by atoms with E-state index in [2.05, 4.69) is 28.2 Å². The van der Waals surface area contributed by atoms with Crippen LogP contribution >= 0.6 is 0 Å². The Morgan fingerprint density at radius 1 is 0.620 bits per heavy atom. The van der Waals surface area contributed by atoms with Gasteiger partial charge in [-0.1, -0.05) is 86.0 Å². The first kappa shape index (κ1) is 44.3. The van der Waals surface area contributed by atoms with Crippen molar-refractivity contribution in [3.8, 4) is 0 Å². The van der Waals surface area contributed by atoms with Crippen molar-refractivity contribution in [2.24, 2.45) is 11.8 Å². The van der Waals surface area contributed by atoms with Crippen molar-refractivity contribution in [2.45, 2.75) is 174 Å². The van der Waals surface area contributed by atoms with E-state index in [0.717, 1.165) is 25.7 Å². The van der Waals surface area contributed by atoms with E-state index in [-0.39, 0.29) is 43.9 Å². The van der Waals surface area contributed by atoms with Gasteiger partial charge in [0.2, 0.25) is 23.6 Å². The van der Waals surface area contributed by atoms with Crippen molar-refractivity contribution in [3.63, 3.8) is 0 Å². The van der Waals surface area contributed by atoms with Crippen LogP contribution in [0.3, 0.4) is 0 Å². The molecule has 0 aliphatic carbocycles. The molecule has 1 heterocycles. The van der Waals surface area contributed by atoms with E-state index in [4.69, 9.17) is 4.74 Å². The van der Waals surface area contributed by atoms with E-state index in [9.17, 15) is 43.8 Å². The van der Waals surface area contributed by atoms with E-state index in [1.807, 2.05) is 27.7 Å². The quantitative estimate of drug-likeness (QED) is 0.0789. The molecule has 0 radical (unpaired) electrons. The molecule has 1 saturated heterocycles. The summed E-state index contributed by atoms with van der Waals surface area (Å²) in [4.78, 5) is 90.3. The molecule has 0 aromatic heterocycles. The number of cyclic esters (lactones) is 1. The summed E-state index contributed by atoms with van der Waals surface area (Å²) in [7, 11) is 0. The average molecular weight is 711 g/mol. The third kappa shape index (κ3) is 19.5. The number of carbonyl (C=O) groups excluding carboxylic acids is 5. The van der Waals surface area contributed by atoms with Gasteiger partial charge in [-0.3, -0.25) is 28.8 Å². The molecule has 14 nitrogen and oxygen atoms in total. The molecule has 0 bridgehead atoms. The lowest BCUT2D eigenvalue weighted by Crippen LogP contribution is -2.58. The highest BCUT2D eigenvalue weighted by atomic mass is 16.5. The smallest absolute Gasteiger partial charge is 0.328 e. The topological polar surface area (TPSA) is 217 Å². The van der Waals surface area contributed by atoms with Crippen molar-refractivity contribution < 1.29 is 48.5 Å². The van der Waals surface area contributed by atoms with Crippen LogP contribution < -0.4 is 21.3 Å². The molecule has 50 heavy (non-hydrogen) atoms. The lowest BCUT2D eigenvalue weighted by atomic mass is 10.00. The molecule has 1 aliphatic heterocycles. The van der Waals surface area contributed by atoms with Crippen molar-refractivity contribution in [1.82, 2.24) is 21.3 Å². The summed E-state index contributed by atoms with van der Waals surface area (Å²) in [6, 6.07) is -4.97. The number of rotatable bonds is 20. The number of aliphatic carboxylic acids is 2. The number of carboxylic acid groups (broad SMARTS) is 2. The maximum absolute atomic E-state index is 13.6. The fraction of sp³-hybridized carbons (Fsp3) is 0.806. The first-order valence-electron chi connectivity index (χ1n) is 18.5. The number of unbranched alkanes of at least 4 members (excludes halogenated alkanes) is 8. The highest BCUT2D eigenvalue weighted by Crippen LogP contribution is 2.18. The summed E-state index contributed by atoms with van der Waals surface area (Å²) in [6.45, 7) is 9.50. The van der Waals surface area contributed by atoms with Crippen molar-refractivity contribution in [3.05, 3.63) is 0 Å². The van der Waals surface area contributed by atoms with Gasteiger partial charge in [-0.05, 0) is 50.4 Å².